The molecule has 0 aliphatic carbocycles. The van der Waals surface area contributed by atoms with E-state index >= 15 is 0 Å². The molecule has 0 bridgehead atoms. The van der Waals surface area contributed by atoms with E-state index in [1.54, 1.807) is 6.07 Å². The summed E-state index contributed by atoms with van der Waals surface area (Å²) < 4.78 is 0. The summed E-state index contributed by atoms with van der Waals surface area (Å²) >= 11 is 5.96. The Bertz CT molecular complexity index is 375. The Balaban J connectivity index is 2.28. The van der Waals surface area contributed by atoms with Gasteiger partial charge in [-0.15, -0.1) is 0 Å². The molecule has 0 amide bonds. The fourth-order valence-corrected chi connectivity index (χ4v) is 1.98. The zero-order valence-electron chi connectivity index (χ0n) is 7.83. The van der Waals surface area contributed by atoms with E-state index in [0.29, 0.717) is 10.6 Å². The van der Waals surface area contributed by atoms with Crippen LogP contribution in [-0.2, 0) is 0 Å². The summed E-state index contributed by atoms with van der Waals surface area (Å²) in [5.74, 6) is 0. The second kappa shape index (κ2) is 3.89. The number of rotatable bonds is 1. The third-order valence-corrected chi connectivity index (χ3v) is 2.86. The van der Waals surface area contributed by atoms with E-state index in [-0.39, 0.29) is 0 Å². The van der Waals surface area contributed by atoms with Crippen molar-refractivity contribution in [2.45, 2.75) is 12.8 Å². The number of hydrogen-bond acceptors (Lipinski definition) is 2. The molecule has 1 fully saturated rings. The third-order valence-electron chi connectivity index (χ3n) is 2.54. The molecule has 1 aliphatic heterocycles. The SMILES string of the molecule is N#Cc1ccc(N2CCCC2)cc1Cl. The van der Waals surface area contributed by atoms with Crippen molar-refractivity contribution in [2.24, 2.45) is 0 Å². The van der Waals surface area contributed by atoms with Gasteiger partial charge < -0.3 is 4.90 Å². The van der Waals surface area contributed by atoms with E-state index in [1.165, 1.54) is 12.8 Å². The first-order valence-electron chi connectivity index (χ1n) is 4.76. The lowest BCUT2D eigenvalue weighted by Gasteiger charge is -2.17. The van der Waals surface area contributed by atoms with Crippen molar-refractivity contribution >= 4 is 17.3 Å². The van der Waals surface area contributed by atoms with Crippen LogP contribution >= 0.6 is 11.6 Å². The van der Waals surface area contributed by atoms with Crippen molar-refractivity contribution in [1.29, 1.82) is 5.26 Å². The topological polar surface area (TPSA) is 27.0 Å². The highest BCUT2D eigenvalue weighted by atomic mass is 35.5. The fourth-order valence-electron chi connectivity index (χ4n) is 1.77. The Morgan fingerprint density at radius 1 is 1.29 bits per heavy atom. The van der Waals surface area contributed by atoms with Gasteiger partial charge in [-0.05, 0) is 31.0 Å². The normalized spacial score (nSPS) is 15.6. The van der Waals surface area contributed by atoms with Crippen LogP contribution in [0.15, 0.2) is 18.2 Å². The predicted molar refractivity (Wildman–Crippen MR) is 57.6 cm³/mol. The van der Waals surface area contributed by atoms with Crippen molar-refractivity contribution in [3.63, 3.8) is 0 Å². The van der Waals surface area contributed by atoms with Gasteiger partial charge in [0.1, 0.15) is 6.07 Å². The Hall–Kier alpha value is -1.20. The maximum absolute atomic E-state index is 8.73. The van der Waals surface area contributed by atoms with Crippen LogP contribution in [0.1, 0.15) is 18.4 Å². The zero-order chi connectivity index (χ0) is 9.97. The van der Waals surface area contributed by atoms with Crippen LogP contribution in [0.5, 0.6) is 0 Å². The van der Waals surface area contributed by atoms with Crippen LogP contribution in [0.4, 0.5) is 5.69 Å². The molecule has 72 valence electrons. The quantitative estimate of drug-likeness (QED) is 0.707. The van der Waals surface area contributed by atoms with Crippen LogP contribution in [-0.4, -0.2) is 13.1 Å². The molecule has 1 saturated heterocycles. The monoisotopic (exact) mass is 206 g/mol. The average Bonchev–Trinajstić information content (AvgIpc) is 2.70. The van der Waals surface area contributed by atoms with Gasteiger partial charge >= 0.3 is 0 Å². The first-order valence-corrected chi connectivity index (χ1v) is 5.13. The number of halogens is 1. The average molecular weight is 207 g/mol. The van der Waals surface area contributed by atoms with Crippen LogP contribution in [0, 0.1) is 11.3 Å². The highest BCUT2D eigenvalue weighted by molar-refractivity contribution is 6.32. The van der Waals surface area contributed by atoms with Gasteiger partial charge in [0.05, 0.1) is 10.6 Å². The van der Waals surface area contributed by atoms with Crippen molar-refractivity contribution in [1.82, 2.24) is 0 Å². The molecule has 2 rings (SSSR count). The van der Waals surface area contributed by atoms with Crippen LogP contribution in [0.25, 0.3) is 0 Å². The standard InChI is InChI=1S/C11H11ClN2/c12-11-7-10(4-3-9(11)8-13)14-5-1-2-6-14/h3-4,7H,1-2,5-6H2. The second-order valence-electron chi connectivity index (χ2n) is 3.47. The minimum Gasteiger partial charge on any atom is -0.371 e. The molecule has 0 atom stereocenters. The Labute approximate surface area is 88.7 Å². The van der Waals surface area contributed by atoms with Crippen molar-refractivity contribution in [2.75, 3.05) is 18.0 Å². The molecule has 0 unspecified atom stereocenters. The molecular weight excluding hydrogens is 196 g/mol. The number of hydrogen-bond donors (Lipinski definition) is 0. The highest BCUT2D eigenvalue weighted by Gasteiger charge is 2.13. The zero-order valence-corrected chi connectivity index (χ0v) is 8.59. The lowest BCUT2D eigenvalue weighted by atomic mass is 10.2. The number of nitriles is 1. The maximum atomic E-state index is 8.73. The number of anilines is 1. The van der Waals surface area contributed by atoms with Crippen LogP contribution in [0.2, 0.25) is 5.02 Å². The van der Waals surface area contributed by atoms with E-state index in [4.69, 9.17) is 16.9 Å². The Morgan fingerprint density at radius 3 is 2.57 bits per heavy atom. The summed E-state index contributed by atoms with van der Waals surface area (Å²) in [4.78, 5) is 2.30. The van der Waals surface area contributed by atoms with Gasteiger partial charge in [-0.1, -0.05) is 11.6 Å². The summed E-state index contributed by atoms with van der Waals surface area (Å²) in [7, 11) is 0. The van der Waals surface area contributed by atoms with E-state index < -0.39 is 0 Å². The van der Waals surface area contributed by atoms with Gasteiger partial charge in [0.25, 0.3) is 0 Å². The lowest BCUT2D eigenvalue weighted by molar-refractivity contribution is 0.949. The second-order valence-corrected chi connectivity index (χ2v) is 3.88. The molecule has 1 aliphatic rings. The summed E-state index contributed by atoms with van der Waals surface area (Å²) in [6.45, 7) is 2.20. The van der Waals surface area contributed by atoms with Crippen molar-refractivity contribution in [3.05, 3.63) is 28.8 Å². The van der Waals surface area contributed by atoms with E-state index in [2.05, 4.69) is 11.0 Å². The minimum absolute atomic E-state index is 0.551. The summed E-state index contributed by atoms with van der Waals surface area (Å²) in [5, 5.41) is 9.28. The smallest absolute Gasteiger partial charge is 0.101 e. The predicted octanol–water partition coefficient (Wildman–Crippen LogP) is 2.81. The molecule has 1 aromatic rings. The van der Waals surface area contributed by atoms with Crippen molar-refractivity contribution < 1.29 is 0 Å². The maximum Gasteiger partial charge on any atom is 0.101 e. The number of nitrogens with zero attached hydrogens (tertiary/aromatic N) is 2. The van der Waals surface area contributed by atoms with E-state index in [0.717, 1.165) is 18.8 Å². The molecule has 14 heavy (non-hydrogen) atoms. The molecule has 1 aromatic carbocycles. The first kappa shape index (κ1) is 9.36. The highest BCUT2D eigenvalue weighted by Crippen LogP contribution is 2.25. The van der Waals surface area contributed by atoms with E-state index in [1.807, 2.05) is 12.1 Å². The van der Waals surface area contributed by atoms with Gasteiger partial charge in [-0.2, -0.15) is 5.26 Å². The van der Waals surface area contributed by atoms with Gasteiger partial charge in [0.15, 0.2) is 0 Å². The Kier molecular flexibility index (Phi) is 2.60. The Morgan fingerprint density at radius 2 is 2.00 bits per heavy atom. The van der Waals surface area contributed by atoms with Crippen molar-refractivity contribution in [3.8, 4) is 6.07 Å². The number of benzene rings is 1. The summed E-state index contributed by atoms with van der Waals surface area (Å²) in [5.41, 5.74) is 1.68. The van der Waals surface area contributed by atoms with Crippen LogP contribution < -0.4 is 4.90 Å². The van der Waals surface area contributed by atoms with Gasteiger partial charge in [0, 0.05) is 18.8 Å². The molecule has 0 aromatic heterocycles. The molecule has 2 nitrogen and oxygen atoms in total. The molecule has 1 heterocycles. The van der Waals surface area contributed by atoms with Gasteiger partial charge in [0.2, 0.25) is 0 Å². The lowest BCUT2D eigenvalue weighted by Crippen LogP contribution is -2.17. The summed E-state index contributed by atoms with van der Waals surface area (Å²) in [6, 6.07) is 7.70. The fraction of sp³-hybridized carbons (Fsp3) is 0.364. The molecule has 0 saturated carbocycles. The third kappa shape index (κ3) is 1.69. The largest absolute Gasteiger partial charge is 0.371 e. The van der Waals surface area contributed by atoms with Gasteiger partial charge in [-0.3, -0.25) is 0 Å². The summed E-state index contributed by atoms with van der Waals surface area (Å²) in [6.07, 6.45) is 2.50. The molecule has 3 heteroatoms. The first-order chi connectivity index (χ1) is 6.81. The van der Waals surface area contributed by atoms with Crippen LogP contribution in [0.3, 0.4) is 0 Å². The molecule has 0 radical (unpaired) electrons. The van der Waals surface area contributed by atoms with E-state index in [9.17, 15) is 0 Å². The van der Waals surface area contributed by atoms with Gasteiger partial charge in [-0.25, -0.2) is 0 Å². The minimum atomic E-state index is 0.551. The molecule has 0 N–H and O–H groups in total. The molecular formula is C11H11ClN2. The molecule has 0 spiro atoms.